The van der Waals surface area contributed by atoms with Gasteiger partial charge in [0.25, 0.3) is 0 Å². The van der Waals surface area contributed by atoms with Crippen molar-refractivity contribution in [3.05, 3.63) is 0 Å². The van der Waals surface area contributed by atoms with E-state index < -0.39 is 0 Å². The van der Waals surface area contributed by atoms with E-state index in [0.29, 0.717) is 6.54 Å². The number of hydrogen-bond acceptors (Lipinski definition) is 5. The van der Waals surface area contributed by atoms with Gasteiger partial charge in [-0.15, -0.1) is 0 Å². The molecule has 5 unspecified atom stereocenters. The SMILES string of the molecule is NCC1CCCCN1C(=O)CCN1C(=O)C2C3CCC(O3)C2C1=O. The summed E-state index contributed by atoms with van der Waals surface area (Å²) in [5.74, 6) is -0.892. The topological polar surface area (TPSA) is 92.9 Å². The number of imide groups is 1. The molecule has 3 amide bonds. The normalized spacial score (nSPS) is 38.1. The lowest BCUT2D eigenvalue weighted by atomic mass is 9.81. The Kier molecular flexibility index (Phi) is 4.08. The number of nitrogens with zero attached hydrogens (tertiary/aromatic N) is 2. The molecule has 0 spiro atoms. The van der Waals surface area contributed by atoms with Gasteiger partial charge in [0.2, 0.25) is 17.7 Å². The Balaban J connectivity index is 1.38. The summed E-state index contributed by atoms with van der Waals surface area (Å²) in [4.78, 5) is 40.8. The molecule has 2 N–H and O–H groups in total. The third-order valence-corrected chi connectivity index (χ3v) is 6.14. The molecule has 5 atom stereocenters. The van der Waals surface area contributed by atoms with E-state index in [9.17, 15) is 14.4 Å². The smallest absolute Gasteiger partial charge is 0.235 e. The van der Waals surface area contributed by atoms with E-state index in [2.05, 4.69) is 0 Å². The first-order chi connectivity index (χ1) is 11.6. The second-order valence-electron chi connectivity index (χ2n) is 7.39. The minimum absolute atomic E-state index is 0.00188. The number of rotatable bonds is 4. The molecule has 4 aliphatic rings. The average Bonchev–Trinajstić information content (AvgIpc) is 3.27. The highest BCUT2D eigenvalue weighted by Crippen LogP contribution is 2.48. The van der Waals surface area contributed by atoms with Crippen LogP contribution in [0.15, 0.2) is 0 Å². The van der Waals surface area contributed by atoms with Crippen LogP contribution in [-0.4, -0.2) is 65.4 Å². The Hall–Kier alpha value is -1.47. The maximum atomic E-state index is 12.6. The summed E-state index contributed by atoms with van der Waals surface area (Å²) in [6, 6.07) is 0.0971. The van der Waals surface area contributed by atoms with Crippen molar-refractivity contribution < 1.29 is 19.1 Å². The van der Waals surface area contributed by atoms with E-state index in [1.54, 1.807) is 0 Å². The molecule has 7 heteroatoms. The minimum atomic E-state index is -0.307. The Morgan fingerprint density at radius 2 is 1.75 bits per heavy atom. The van der Waals surface area contributed by atoms with Crippen molar-refractivity contribution in [1.29, 1.82) is 0 Å². The van der Waals surface area contributed by atoms with Gasteiger partial charge >= 0.3 is 0 Å². The number of nitrogens with two attached hydrogens (primary N) is 1. The molecule has 4 saturated heterocycles. The highest BCUT2D eigenvalue weighted by atomic mass is 16.5. The molecule has 7 nitrogen and oxygen atoms in total. The van der Waals surface area contributed by atoms with Gasteiger partial charge in [-0.1, -0.05) is 0 Å². The third-order valence-electron chi connectivity index (χ3n) is 6.14. The molecule has 4 rings (SSSR count). The van der Waals surface area contributed by atoms with Gasteiger partial charge in [-0.25, -0.2) is 0 Å². The Bertz CT molecular complexity index is 538. The van der Waals surface area contributed by atoms with Crippen LogP contribution in [0.3, 0.4) is 0 Å². The molecule has 4 aliphatic heterocycles. The fourth-order valence-electron chi connectivity index (χ4n) is 4.92. The van der Waals surface area contributed by atoms with Crippen LogP contribution in [0.25, 0.3) is 0 Å². The Morgan fingerprint density at radius 1 is 1.08 bits per heavy atom. The first-order valence-electron chi connectivity index (χ1n) is 9.12. The molecule has 0 aromatic carbocycles. The van der Waals surface area contributed by atoms with Crippen molar-refractivity contribution in [1.82, 2.24) is 9.80 Å². The molecule has 4 fully saturated rings. The van der Waals surface area contributed by atoms with Crippen LogP contribution in [0.4, 0.5) is 0 Å². The van der Waals surface area contributed by atoms with E-state index in [4.69, 9.17) is 10.5 Å². The lowest BCUT2D eigenvalue weighted by Crippen LogP contribution is -2.48. The first kappa shape index (κ1) is 16.0. The standard InChI is InChI=1S/C17H25N3O4/c18-9-10-3-1-2-7-19(10)13(21)6-8-20-16(22)14-11-4-5-12(24-11)15(14)17(20)23/h10-12,14-15H,1-9,18H2. The lowest BCUT2D eigenvalue weighted by Gasteiger charge is -2.35. The highest BCUT2D eigenvalue weighted by molar-refractivity contribution is 6.06. The predicted octanol–water partition coefficient (Wildman–Crippen LogP) is -0.121. The molecule has 0 saturated carbocycles. The molecule has 132 valence electrons. The molecule has 2 bridgehead atoms. The molecule has 0 aliphatic carbocycles. The van der Waals surface area contributed by atoms with Gasteiger partial charge in [-0.05, 0) is 32.1 Å². The highest BCUT2D eigenvalue weighted by Gasteiger charge is 2.62. The van der Waals surface area contributed by atoms with E-state index in [-0.39, 0.29) is 60.8 Å². The predicted molar refractivity (Wildman–Crippen MR) is 84.6 cm³/mol. The molecule has 24 heavy (non-hydrogen) atoms. The third kappa shape index (κ3) is 2.37. The van der Waals surface area contributed by atoms with Gasteiger partial charge in [0.05, 0.1) is 24.0 Å². The second kappa shape index (κ2) is 6.11. The summed E-state index contributed by atoms with van der Waals surface area (Å²) in [7, 11) is 0. The van der Waals surface area contributed by atoms with Crippen LogP contribution < -0.4 is 5.73 Å². The second-order valence-corrected chi connectivity index (χ2v) is 7.39. The van der Waals surface area contributed by atoms with Gasteiger partial charge < -0.3 is 15.4 Å². The van der Waals surface area contributed by atoms with E-state index in [1.165, 1.54) is 4.90 Å². The molecule has 0 aromatic heterocycles. The maximum absolute atomic E-state index is 12.6. The lowest BCUT2D eigenvalue weighted by molar-refractivity contribution is -0.143. The molecular weight excluding hydrogens is 310 g/mol. The first-order valence-corrected chi connectivity index (χ1v) is 9.12. The van der Waals surface area contributed by atoms with Gasteiger partial charge in [0.15, 0.2) is 0 Å². The van der Waals surface area contributed by atoms with Gasteiger partial charge in [-0.3, -0.25) is 19.3 Å². The summed E-state index contributed by atoms with van der Waals surface area (Å²) in [6.45, 7) is 1.39. The summed E-state index contributed by atoms with van der Waals surface area (Å²) >= 11 is 0. The average molecular weight is 335 g/mol. The summed E-state index contributed by atoms with van der Waals surface area (Å²) in [5, 5.41) is 0. The number of piperidine rings is 1. The van der Waals surface area contributed by atoms with E-state index >= 15 is 0 Å². The van der Waals surface area contributed by atoms with Crippen molar-refractivity contribution in [2.75, 3.05) is 19.6 Å². The van der Waals surface area contributed by atoms with Crippen molar-refractivity contribution in [2.24, 2.45) is 17.6 Å². The Labute approximate surface area is 141 Å². The van der Waals surface area contributed by atoms with Crippen LogP contribution in [0.5, 0.6) is 0 Å². The van der Waals surface area contributed by atoms with Crippen LogP contribution in [0, 0.1) is 11.8 Å². The van der Waals surface area contributed by atoms with Crippen LogP contribution in [0.2, 0.25) is 0 Å². The molecule has 0 radical (unpaired) electrons. The number of fused-ring (bicyclic) bond motifs is 5. The Morgan fingerprint density at radius 3 is 2.38 bits per heavy atom. The van der Waals surface area contributed by atoms with Crippen molar-refractivity contribution in [3.8, 4) is 0 Å². The number of carbonyl (C=O) groups excluding carboxylic acids is 3. The number of hydrogen-bond donors (Lipinski definition) is 1. The largest absolute Gasteiger partial charge is 0.373 e. The maximum Gasteiger partial charge on any atom is 0.235 e. The number of amides is 3. The van der Waals surface area contributed by atoms with Crippen LogP contribution >= 0.6 is 0 Å². The zero-order valence-corrected chi connectivity index (χ0v) is 13.9. The van der Waals surface area contributed by atoms with Crippen LogP contribution in [0.1, 0.15) is 38.5 Å². The quantitative estimate of drug-likeness (QED) is 0.723. The van der Waals surface area contributed by atoms with Gasteiger partial charge in [0, 0.05) is 32.1 Å². The zero-order chi connectivity index (χ0) is 16.8. The van der Waals surface area contributed by atoms with E-state index in [0.717, 1.165) is 38.6 Å². The fraction of sp³-hybridized carbons (Fsp3) is 0.824. The van der Waals surface area contributed by atoms with Gasteiger partial charge in [-0.2, -0.15) is 0 Å². The number of ether oxygens (including phenoxy) is 1. The van der Waals surface area contributed by atoms with Crippen LogP contribution in [-0.2, 0) is 19.1 Å². The van der Waals surface area contributed by atoms with Gasteiger partial charge in [0.1, 0.15) is 0 Å². The molecular formula is C17H25N3O4. The molecule has 4 heterocycles. The number of carbonyl (C=O) groups is 3. The number of likely N-dealkylation sites (tertiary alicyclic amines) is 2. The van der Waals surface area contributed by atoms with Crippen molar-refractivity contribution in [2.45, 2.75) is 56.8 Å². The van der Waals surface area contributed by atoms with Crippen molar-refractivity contribution >= 4 is 17.7 Å². The zero-order valence-electron chi connectivity index (χ0n) is 13.9. The fourth-order valence-corrected chi connectivity index (χ4v) is 4.92. The summed E-state index contributed by atoms with van der Waals surface area (Å²) in [6.07, 6.45) is 4.77. The summed E-state index contributed by atoms with van der Waals surface area (Å²) < 4.78 is 5.72. The van der Waals surface area contributed by atoms with Crippen molar-refractivity contribution in [3.63, 3.8) is 0 Å². The van der Waals surface area contributed by atoms with E-state index in [1.807, 2.05) is 4.90 Å². The monoisotopic (exact) mass is 335 g/mol. The molecule has 0 aromatic rings. The minimum Gasteiger partial charge on any atom is -0.373 e. The summed E-state index contributed by atoms with van der Waals surface area (Å²) in [5.41, 5.74) is 5.77.